The molecular formula is C15H19N3O. The third kappa shape index (κ3) is 3.37. The highest BCUT2D eigenvalue weighted by atomic mass is 16.5. The number of rotatable bonds is 5. The number of nitrogens with two attached hydrogens (primary N) is 1. The van der Waals surface area contributed by atoms with E-state index in [1.54, 1.807) is 19.2 Å². The average Bonchev–Trinajstić information content (AvgIpc) is 2.44. The average molecular weight is 257 g/mol. The summed E-state index contributed by atoms with van der Waals surface area (Å²) in [6.07, 6.45) is 2.25. The van der Waals surface area contributed by atoms with Gasteiger partial charge in [0.05, 0.1) is 12.8 Å². The monoisotopic (exact) mass is 257 g/mol. The van der Waals surface area contributed by atoms with Gasteiger partial charge in [-0.3, -0.25) is 0 Å². The third-order valence-electron chi connectivity index (χ3n) is 2.87. The standard InChI is InChI=1S/C15H19N3O/c1-3-4-11-5-7-12(8-6-11)17-15-13(16)9-10-14(18-15)19-2/h5-10H,3-4,16H2,1-2H3,(H,17,18). The summed E-state index contributed by atoms with van der Waals surface area (Å²) in [4.78, 5) is 4.29. The first-order valence-corrected chi connectivity index (χ1v) is 6.39. The van der Waals surface area contributed by atoms with Crippen LogP contribution >= 0.6 is 0 Å². The molecule has 4 heteroatoms. The number of nitrogen functional groups attached to an aromatic ring is 1. The maximum atomic E-state index is 5.89. The minimum Gasteiger partial charge on any atom is -0.481 e. The Balaban J connectivity index is 2.16. The molecule has 0 radical (unpaired) electrons. The highest BCUT2D eigenvalue weighted by Gasteiger charge is 2.04. The van der Waals surface area contributed by atoms with Crippen LogP contribution in [0.25, 0.3) is 0 Å². The highest BCUT2D eigenvalue weighted by molar-refractivity contribution is 5.69. The number of ether oxygens (including phenoxy) is 1. The molecule has 0 aliphatic heterocycles. The molecule has 0 spiro atoms. The molecule has 1 aromatic carbocycles. The summed E-state index contributed by atoms with van der Waals surface area (Å²) in [5.74, 6) is 1.15. The zero-order valence-electron chi connectivity index (χ0n) is 11.3. The number of methoxy groups -OCH3 is 1. The quantitative estimate of drug-likeness (QED) is 0.862. The van der Waals surface area contributed by atoms with E-state index in [9.17, 15) is 0 Å². The van der Waals surface area contributed by atoms with Crippen LogP contribution in [0.4, 0.5) is 17.2 Å². The molecule has 0 aliphatic rings. The Kier molecular flexibility index (Phi) is 4.23. The largest absolute Gasteiger partial charge is 0.481 e. The van der Waals surface area contributed by atoms with Crippen molar-refractivity contribution in [1.29, 1.82) is 0 Å². The number of nitrogens with zero attached hydrogens (tertiary/aromatic N) is 1. The van der Waals surface area contributed by atoms with Crippen LogP contribution in [0.3, 0.4) is 0 Å². The molecular weight excluding hydrogens is 238 g/mol. The topological polar surface area (TPSA) is 60.2 Å². The Labute approximate surface area is 113 Å². The maximum absolute atomic E-state index is 5.89. The molecule has 2 rings (SSSR count). The Hall–Kier alpha value is -2.23. The summed E-state index contributed by atoms with van der Waals surface area (Å²) in [7, 11) is 1.59. The fraction of sp³-hybridized carbons (Fsp3) is 0.267. The van der Waals surface area contributed by atoms with Crippen molar-refractivity contribution in [2.24, 2.45) is 0 Å². The zero-order valence-corrected chi connectivity index (χ0v) is 11.3. The smallest absolute Gasteiger partial charge is 0.215 e. The molecule has 0 bridgehead atoms. The molecule has 2 aromatic rings. The van der Waals surface area contributed by atoms with Gasteiger partial charge in [0, 0.05) is 11.8 Å². The molecule has 0 fully saturated rings. The number of hydrogen-bond acceptors (Lipinski definition) is 4. The first-order chi connectivity index (χ1) is 9.22. The van der Waals surface area contributed by atoms with Crippen LogP contribution in [0.1, 0.15) is 18.9 Å². The minimum absolute atomic E-state index is 0.541. The van der Waals surface area contributed by atoms with Crippen molar-refractivity contribution < 1.29 is 4.74 Å². The number of hydrogen-bond donors (Lipinski definition) is 2. The molecule has 4 nitrogen and oxygen atoms in total. The van der Waals surface area contributed by atoms with E-state index in [1.807, 2.05) is 12.1 Å². The van der Waals surface area contributed by atoms with Gasteiger partial charge in [0.1, 0.15) is 0 Å². The fourth-order valence-electron chi connectivity index (χ4n) is 1.85. The third-order valence-corrected chi connectivity index (χ3v) is 2.87. The lowest BCUT2D eigenvalue weighted by atomic mass is 10.1. The normalized spacial score (nSPS) is 10.2. The number of nitrogens with one attached hydrogen (secondary N) is 1. The maximum Gasteiger partial charge on any atom is 0.215 e. The van der Waals surface area contributed by atoms with E-state index >= 15 is 0 Å². The summed E-state index contributed by atoms with van der Waals surface area (Å²) < 4.78 is 5.09. The van der Waals surface area contributed by atoms with Gasteiger partial charge in [-0.1, -0.05) is 25.5 Å². The van der Waals surface area contributed by atoms with E-state index in [2.05, 4.69) is 29.4 Å². The van der Waals surface area contributed by atoms with Crippen molar-refractivity contribution in [3.05, 3.63) is 42.0 Å². The van der Waals surface area contributed by atoms with E-state index in [0.29, 0.717) is 17.4 Å². The van der Waals surface area contributed by atoms with Gasteiger partial charge in [-0.2, -0.15) is 4.98 Å². The van der Waals surface area contributed by atoms with Crippen molar-refractivity contribution in [3.8, 4) is 5.88 Å². The number of aromatic nitrogens is 1. The number of anilines is 3. The van der Waals surface area contributed by atoms with E-state index in [-0.39, 0.29) is 0 Å². The summed E-state index contributed by atoms with van der Waals surface area (Å²) in [6, 6.07) is 11.8. The molecule has 0 atom stereocenters. The second-order valence-corrected chi connectivity index (χ2v) is 4.36. The predicted octanol–water partition coefficient (Wildman–Crippen LogP) is 3.37. The lowest BCUT2D eigenvalue weighted by molar-refractivity contribution is 0.398. The lowest BCUT2D eigenvalue weighted by Gasteiger charge is -2.10. The van der Waals surface area contributed by atoms with E-state index < -0.39 is 0 Å². The van der Waals surface area contributed by atoms with Gasteiger partial charge in [-0.15, -0.1) is 0 Å². The molecule has 0 unspecified atom stereocenters. The van der Waals surface area contributed by atoms with Gasteiger partial charge in [0.25, 0.3) is 0 Å². The van der Waals surface area contributed by atoms with E-state index in [0.717, 1.165) is 18.5 Å². The molecule has 0 amide bonds. The lowest BCUT2D eigenvalue weighted by Crippen LogP contribution is -2.00. The van der Waals surface area contributed by atoms with Crippen molar-refractivity contribution in [1.82, 2.24) is 4.98 Å². The van der Waals surface area contributed by atoms with Crippen LogP contribution in [-0.2, 0) is 6.42 Å². The molecule has 0 saturated heterocycles. The van der Waals surface area contributed by atoms with Crippen LogP contribution in [0.5, 0.6) is 5.88 Å². The molecule has 100 valence electrons. The first-order valence-electron chi connectivity index (χ1n) is 6.39. The number of aryl methyl sites for hydroxylation is 1. The summed E-state index contributed by atoms with van der Waals surface area (Å²) in [5.41, 5.74) is 8.78. The van der Waals surface area contributed by atoms with Crippen LogP contribution in [0, 0.1) is 0 Å². The van der Waals surface area contributed by atoms with Gasteiger partial charge in [0.2, 0.25) is 5.88 Å². The van der Waals surface area contributed by atoms with Crippen molar-refractivity contribution >= 4 is 17.2 Å². The van der Waals surface area contributed by atoms with Crippen molar-refractivity contribution in [2.75, 3.05) is 18.2 Å². The van der Waals surface area contributed by atoms with Gasteiger partial charge in [-0.05, 0) is 30.2 Å². The first kappa shape index (κ1) is 13.2. The zero-order chi connectivity index (χ0) is 13.7. The number of pyridine rings is 1. The Bertz CT molecular complexity index is 538. The summed E-state index contributed by atoms with van der Waals surface area (Å²) in [5, 5.41) is 3.20. The van der Waals surface area contributed by atoms with Crippen molar-refractivity contribution in [2.45, 2.75) is 19.8 Å². The fourth-order valence-corrected chi connectivity index (χ4v) is 1.85. The Morgan fingerprint density at radius 2 is 1.89 bits per heavy atom. The van der Waals surface area contributed by atoms with Crippen LogP contribution in [0.15, 0.2) is 36.4 Å². The second kappa shape index (κ2) is 6.09. The van der Waals surface area contributed by atoms with E-state index in [1.165, 1.54) is 5.56 Å². The van der Waals surface area contributed by atoms with Crippen molar-refractivity contribution in [3.63, 3.8) is 0 Å². The SMILES string of the molecule is CCCc1ccc(Nc2nc(OC)ccc2N)cc1. The Morgan fingerprint density at radius 1 is 1.16 bits per heavy atom. The number of benzene rings is 1. The van der Waals surface area contributed by atoms with Gasteiger partial charge >= 0.3 is 0 Å². The van der Waals surface area contributed by atoms with Crippen LogP contribution in [0.2, 0.25) is 0 Å². The Morgan fingerprint density at radius 3 is 2.53 bits per heavy atom. The van der Waals surface area contributed by atoms with E-state index in [4.69, 9.17) is 10.5 Å². The summed E-state index contributed by atoms with van der Waals surface area (Å²) >= 11 is 0. The summed E-state index contributed by atoms with van der Waals surface area (Å²) in [6.45, 7) is 2.17. The van der Waals surface area contributed by atoms with Gasteiger partial charge in [-0.25, -0.2) is 0 Å². The molecule has 3 N–H and O–H groups in total. The molecule has 1 heterocycles. The predicted molar refractivity (Wildman–Crippen MR) is 78.9 cm³/mol. The van der Waals surface area contributed by atoms with Crippen LogP contribution < -0.4 is 15.8 Å². The highest BCUT2D eigenvalue weighted by Crippen LogP contribution is 2.23. The minimum atomic E-state index is 0.541. The van der Waals surface area contributed by atoms with Crippen LogP contribution in [-0.4, -0.2) is 12.1 Å². The molecule has 0 aliphatic carbocycles. The molecule has 1 aromatic heterocycles. The molecule has 19 heavy (non-hydrogen) atoms. The van der Waals surface area contributed by atoms with Gasteiger partial charge in [0.15, 0.2) is 5.82 Å². The molecule has 0 saturated carbocycles. The second-order valence-electron chi connectivity index (χ2n) is 4.36. The van der Waals surface area contributed by atoms with Gasteiger partial charge < -0.3 is 15.8 Å².